The van der Waals surface area contributed by atoms with Crippen molar-refractivity contribution >= 4 is 41.3 Å². The predicted octanol–water partition coefficient (Wildman–Crippen LogP) is -0.494. The van der Waals surface area contributed by atoms with Gasteiger partial charge in [-0.05, 0) is 61.5 Å². The van der Waals surface area contributed by atoms with E-state index in [2.05, 4.69) is 26.6 Å². The van der Waals surface area contributed by atoms with Crippen LogP contribution in [0.25, 0.3) is 0 Å². The third kappa shape index (κ3) is 4.56. The summed E-state index contributed by atoms with van der Waals surface area (Å²) < 4.78 is 0. The van der Waals surface area contributed by atoms with Crippen LogP contribution in [0.3, 0.4) is 0 Å². The summed E-state index contributed by atoms with van der Waals surface area (Å²) in [6.07, 6.45) is 0.667. The number of nitrogens with one attached hydrogen (secondary N) is 5. The van der Waals surface area contributed by atoms with Crippen molar-refractivity contribution in [2.75, 3.05) is 12.0 Å². The molecule has 5 saturated carbocycles. The highest BCUT2D eigenvalue weighted by atomic mass is 16.4. The molecule has 2 aliphatic heterocycles. The van der Waals surface area contributed by atoms with Crippen molar-refractivity contribution in [1.29, 1.82) is 0 Å². The van der Waals surface area contributed by atoms with Crippen molar-refractivity contribution in [1.82, 2.24) is 26.2 Å². The van der Waals surface area contributed by atoms with Gasteiger partial charge in [-0.3, -0.25) is 28.9 Å². The lowest BCUT2D eigenvalue weighted by Gasteiger charge is -2.65. The molecule has 14 unspecified atom stereocenters. The first kappa shape index (κ1) is 34.0. The summed E-state index contributed by atoms with van der Waals surface area (Å²) in [5, 5.41) is 54.5. The SMILES string of the molecule is CCC(C)C(NC(=O)N(CO)C12NC(=O)C3(O)C4C5CC(C6C5C3C61)C42)C(=O)NC(C)C(=O)NC(CCC(=O)O)C(=O)Nc1cccc(O)c1. The Labute approximate surface area is 287 Å². The number of phenolic OH excluding ortho intramolecular Hbond substituents is 1. The average molecular weight is 697 g/mol. The molecule has 8 rings (SSSR count). The zero-order chi connectivity index (χ0) is 36.0. The smallest absolute Gasteiger partial charge is 0.321 e. The van der Waals surface area contributed by atoms with Gasteiger partial charge in [0.25, 0.3) is 5.91 Å². The number of fused-ring (bicyclic) bond motifs is 1. The minimum Gasteiger partial charge on any atom is -0.508 e. The molecule has 4 bridgehead atoms. The summed E-state index contributed by atoms with van der Waals surface area (Å²) in [5.41, 5.74) is -2.38. The van der Waals surface area contributed by atoms with Gasteiger partial charge < -0.3 is 47.0 Å². The number of urea groups is 1. The van der Waals surface area contributed by atoms with Gasteiger partial charge in [-0.2, -0.15) is 0 Å². The van der Waals surface area contributed by atoms with Crippen LogP contribution in [0.1, 0.15) is 46.5 Å². The molecular formula is C34H44N6O10. The Hall–Kier alpha value is -4.44. The molecule has 7 aliphatic rings. The van der Waals surface area contributed by atoms with E-state index in [0.717, 1.165) is 6.42 Å². The van der Waals surface area contributed by atoms with E-state index in [1.807, 2.05) is 6.92 Å². The number of anilines is 1. The Balaban J connectivity index is 1.03. The number of nitrogens with zero attached hydrogens (tertiary/aromatic N) is 1. The lowest BCUT2D eigenvalue weighted by atomic mass is 9.50. The van der Waals surface area contributed by atoms with Crippen LogP contribution >= 0.6 is 0 Å². The molecule has 16 heteroatoms. The Morgan fingerprint density at radius 2 is 1.68 bits per heavy atom. The van der Waals surface area contributed by atoms with E-state index in [1.165, 1.54) is 36.1 Å². The number of benzene rings is 1. The average Bonchev–Trinajstić information content (AvgIpc) is 3.62. The number of carboxylic acids is 1. The summed E-state index contributed by atoms with van der Waals surface area (Å²) in [4.78, 5) is 79.9. The van der Waals surface area contributed by atoms with Gasteiger partial charge in [-0.15, -0.1) is 0 Å². The summed E-state index contributed by atoms with van der Waals surface area (Å²) in [6, 6.07) is 1.28. The van der Waals surface area contributed by atoms with Crippen LogP contribution in [0, 0.1) is 53.3 Å². The topological polar surface area (TPSA) is 247 Å². The van der Waals surface area contributed by atoms with Gasteiger partial charge in [0.15, 0.2) is 0 Å². The van der Waals surface area contributed by atoms with Gasteiger partial charge in [-0.25, -0.2) is 4.79 Å². The van der Waals surface area contributed by atoms with Crippen molar-refractivity contribution in [3.05, 3.63) is 24.3 Å². The van der Waals surface area contributed by atoms with Gasteiger partial charge in [-0.1, -0.05) is 26.3 Å². The second-order valence-corrected chi connectivity index (χ2v) is 15.1. The number of amides is 6. The fraction of sp³-hybridized carbons (Fsp3) is 0.647. The molecule has 1 aromatic rings. The molecule has 9 N–H and O–H groups in total. The van der Waals surface area contributed by atoms with E-state index in [1.54, 1.807) is 6.92 Å². The molecule has 6 amide bonds. The third-order valence-corrected chi connectivity index (χ3v) is 13.0. The fourth-order valence-electron chi connectivity index (χ4n) is 11.1. The molecule has 5 aliphatic carbocycles. The summed E-state index contributed by atoms with van der Waals surface area (Å²) in [5.74, 6) is -4.38. The van der Waals surface area contributed by atoms with Crippen molar-refractivity contribution < 1.29 is 49.2 Å². The van der Waals surface area contributed by atoms with Gasteiger partial charge in [0.2, 0.25) is 17.7 Å². The van der Waals surface area contributed by atoms with Gasteiger partial charge in [0, 0.05) is 41.8 Å². The standard InChI is InChI=1S/C34H44N6O10/c1-4-13(2)27(30(47)35-14(3)28(45)37-19(8-9-20(43)44)29(46)36-15-6-5-7-16(42)10-15)38-32(49)40(12-41)34-24-18-11-17-21-22(18)26(34)25(21)33(50,23(17)24)31(48)39-34/h5-7,10,13-14,17-19,21-27,41-42,50H,4,8-9,11-12H2,1-3H3,(H,35,47)(H,36,46)(H,37,45)(H,38,49)(H,39,48)(H,43,44). The zero-order valence-electron chi connectivity index (χ0n) is 28.0. The third-order valence-electron chi connectivity index (χ3n) is 13.0. The highest BCUT2D eigenvalue weighted by Gasteiger charge is 2.96. The van der Waals surface area contributed by atoms with E-state index in [9.17, 15) is 49.2 Å². The zero-order valence-corrected chi connectivity index (χ0v) is 28.0. The number of aliphatic hydroxyl groups is 2. The minimum absolute atomic E-state index is 0.110. The molecule has 1 aromatic carbocycles. The summed E-state index contributed by atoms with van der Waals surface area (Å²) in [7, 11) is 0. The Kier molecular flexibility index (Phi) is 8.05. The second-order valence-electron chi connectivity index (χ2n) is 15.1. The van der Waals surface area contributed by atoms with E-state index in [0.29, 0.717) is 6.42 Å². The number of aromatic hydroxyl groups is 1. The molecule has 7 fully saturated rings. The predicted molar refractivity (Wildman–Crippen MR) is 172 cm³/mol. The van der Waals surface area contributed by atoms with Crippen LogP contribution in [0.5, 0.6) is 5.75 Å². The lowest BCUT2D eigenvalue weighted by Crippen LogP contribution is -2.85. The number of hydrogen-bond donors (Lipinski definition) is 9. The van der Waals surface area contributed by atoms with Crippen LogP contribution < -0.4 is 26.6 Å². The molecule has 2 heterocycles. The summed E-state index contributed by atoms with van der Waals surface area (Å²) in [6.45, 7) is 4.23. The quantitative estimate of drug-likeness (QED) is 0.113. The Morgan fingerprint density at radius 3 is 2.34 bits per heavy atom. The molecule has 0 aromatic heterocycles. The van der Waals surface area contributed by atoms with Crippen LogP contribution in [0.15, 0.2) is 24.3 Å². The number of aliphatic carboxylic acids is 1. The van der Waals surface area contributed by atoms with Gasteiger partial charge >= 0.3 is 12.0 Å². The molecule has 0 spiro atoms. The maximum Gasteiger partial charge on any atom is 0.321 e. The number of rotatable bonds is 14. The van der Waals surface area contributed by atoms with Crippen molar-refractivity contribution in [2.24, 2.45) is 53.3 Å². The van der Waals surface area contributed by atoms with Gasteiger partial charge in [0.05, 0.1) is 0 Å². The first-order chi connectivity index (χ1) is 23.7. The molecule has 14 atom stereocenters. The Morgan fingerprint density at radius 1 is 0.980 bits per heavy atom. The van der Waals surface area contributed by atoms with Crippen LogP contribution in [-0.4, -0.2) is 97.1 Å². The van der Waals surface area contributed by atoms with E-state index < -0.39 is 84.1 Å². The van der Waals surface area contributed by atoms with Crippen LogP contribution in [0.2, 0.25) is 0 Å². The normalized spacial score (nSPS) is 36.5. The number of carbonyl (C=O) groups excluding carboxylic acids is 5. The van der Waals surface area contributed by atoms with Crippen molar-refractivity contribution in [2.45, 2.75) is 75.8 Å². The number of carboxylic acid groups (broad SMARTS) is 1. The van der Waals surface area contributed by atoms with E-state index in [-0.39, 0.29) is 65.2 Å². The molecular weight excluding hydrogens is 652 g/mol. The van der Waals surface area contributed by atoms with Crippen molar-refractivity contribution in [3.63, 3.8) is 0 Å². The first-order valence-electron chi connectivity index (χ1n) is 17.4. The van der Waals surface area contributed by atoms with E-state index >= 15 is 0 Å². The molecule has 50 heavy (non-hydrogen) atoms. The monoisotopic (exact) mass is 696 g/mol. The molecule has 2 saturated heterocycles. The number of piperidine rings is 2. The maximum absolute atomic E-state index is 14.1. The van der Waals surface area contributed by atoms with Crippen LogP contribution in [-0.2, 0) is 24.0 Å². The number of hydrogen-bond acceptors (Lipinski definition) is 9. The lowest BCUT2D eigenvalue weighted by molar-refractivity contribution is -0.234. The van der Waals surface area contributed by atoms with Crippen LogP contribution in [0.4, 0.5) is 10.5 Å². The van der Waals surface area contributed by atoms with Gasteiger partial charge in [0.1, 0.15) is 41.9 Å². The van der Waals surface area contributed by atoms with Crippen molar-refractivity contribution in [3.8, 4) is 5.75 Å². The largest absolute Gasteiger partial charge is 0.508 e. The first-order valence-corrected chi connectivity index (χ1v) is 17.4. The van der Waals surface area contributed by atoms with E-state index in [4.69, 9.17) is 0 Å². The molecule has 16 nitrogen and oxygen atoms in total. The number of aliphatic hydroxyl groups excluding tert-OH is 1. The highest BCUT2D eigenvalue weighted by molar-refractivity contribution is 5.99. The highest BCUT2D eigenvalue weighted by Crippen LogP contribution is 2.89. The maximum atomic E-state index is 14.1. The second kappa shape index (κ2) is 11.8. The fourth-order valence-corrected chi connectivity index (χ4v) is 11.1. The Bertz CT molecular complexity index is 1660. The number of phenols is 1. The molecule has 270 valence electrons. The summed E-state index contributed by atoms with van der Waals surface area (Å²) >= 11 is 0. The minimum atomic E-state index is -1.44. The molecule has 0 radical (unpaired) electrons. The number of carbonyl (C=O) groups is 6.